The molecule has 4 aromatic carbocycles. The first kappa shape index (κ1) is 49.9. The van der Waals surface area contributed by atoms with E-state index >= 15 is 0 Å². The van der Waals surface area contributed by atoms with Gasteiger partial charge in [-0.3, -0.25) is 0 Å². The van der Waals surface area contributed by atoms with Gasteiger partial charge in [0.05, 0.1) is 45.7 Å². The summed E-state index contributed by atoms with van der Waals surface area (Å²) in [5.41, 5.74) is -6.11. The van der Waals surface area contributed by atoms with E-state index in [4.69, 9.17) is 9.47 Å². The zero-order chi connectivity index (χ0) is 49.3. The van der Waals surface area contributed by atoms with E-state index in [1.165, 1.54) is 12.1 Å². The summed E-state index contributed by atoms with van der Waals surface area (Å²) in [4.78, 5) is 35.0. The monoisotopic (exact) mass is 964 g/mol. The van der Waals surface area contributed by atoms with Gasteiger partial charge in [0, 0.05) is 23.5 Å². The van der Waals surface area contributed by atoms with Crippen LogP contribution in [-0.2, 0) is 37.5 Å². The van der Waals surface area contributed by atoms with Crippen molar-refractivity contribution in [3.8, 4) is 23.1 Å². The molecule has 6 rings (SSSR count). The molecular formula is C46H36F12N6O4. The Hall–Kier alpha value is -7.52. The fourth-order valence-corrected chi connectivity index (χ4v) is 6.51. The highest BCUT2D eigenvalue weighted by molar-refractivity contribution is 5.90. The maximum Gasteiger partial charge on any atom is 0.416 e. The summed E-state index contributed by atoms with van der Waals surface area (Å²) in [7, 11) is 0. The lowest BCUT2D eigenvalue weighted by molar-refractivity contribution is -0.144. The Morgan fingerprint density at radius 2 is 0.765 bits per heavy atom. The second-order valence-electron chi connectivity index (χ2n) is 14.9. The maximum atomic E-state index is 13.4. The quantitative estimate of drug-likeness (QED) is 0.0760. The van der Waals surface area contributed by atoms with Crippen molar-refractivity contribution in [3.63, 3.8) is 0 Å². The van der Waals surface area contributed by atoms with Gasteiger partial charge in [0.2, 0.25) is 11.8 Å². The van der Waals surface area contributed by atoms with Crippen LogP contribution in [0, 0.1) is 0 Å². The second-order valence-corrected chi connectivity index (χ2v) is 14.9. The van der Waals surface area contributed by atoms with Gasteiger partial charge < -0.3 is 30.7 Å². The average Bonchev–Trinajstić information content (AvgIpc) is 3.27. The van der Waals surface area contributed by atoms with Crippen molar-refractivity contribution in [3.05, 3.63) is 167 Å². The molecule has 0 aliphatic rings. The van der Waals surface area contributed by atoms with E-state index in [9.17, 15) is 62.3 Å². The number of nitrogens with zero attached hydrogens (tertiary/aromatic N) is 2. The molecule has 10 nitrogen and oxygen atoms in total. The van der Waals surface area contributed by atoms with Crippen LogP contribution in [0.1, 0.15) is 33.4 Å². The van der Waals surface area contributed by atoms with E-state index in [0.29, 0.717) is 35.4 Å². The molecular weight excluding hydrogens is 929 g/mol. The number of alkyl halides is 12. The summed E-state index contributed by atoms with van der Waals surface area (Å²) >= 11 is 0. The molecule has 0 bridgehead atoms. The summed E-state index contributed by atoms with van der Waals surface area (Å²) in [5, 5.41) is 9.14. The van der Waals surface area contributed by atoms with E-state index < -0.39 is 82.5 Å². The first-order chi connectivity index (χ1) is 32.0. The van der Waals surface area contributed by atoms with Gasteiger partial charge in [-0.1, -0.05) is 72.8 Å². The van der Waals surface area contributed by atoms with Gasteiger partial charge in [0.15, 0.2) is 0 Å². The smallest absolute Gasteiger partial charge is 0.416 e. The van der Waals surface area contributed by atoms with E-state index in [-0.39, 0.29) is 61.3 Å². The number of pyridine rings is 2. The van der Waals surface area contributed by atoms with E-state index in [1.54, 1.807) is 84.9 Å². The molecule has 22 heteroatoms. The summed E-state index contributed by atoms with van der Waals surface area (Å²) in [6.45, 7) is -0.571. The highest BCUT2D eigenvalue weighted by Gasteiger charge is 2.38. The van der Waals surface area contributed by atoms with Gasteiger partial charge in [0.1, 0.15) is 13.2 Å². The minimum absolute atomic E-state index is 0.0184. The Morgan fingerprint density at radius 3 is 1.07 bits per heavy atom. The van der Waals surface area contributed by atoms with Crippen LogP contribution in [0.5, 0.6) is 11.8 Å². The van der Waals surface area contributed by atoms with Crippen LogP contribution >= 0.6 is 0 Å². The normalized spacial score (nSPS) is 12.9. The number of benzene rings is 4. The second kappa shape index (κ2) is 21.0. The zero-order valence-corrected chi connectivity index (χ0v) is 34.7. The van der Waals surface area contributed by atoms with Crippen LogP contribution in [0.25, 0.3) is 11.4 Å². The fourth-order valence-electron chi connectivity index (χ4n) is 6.51. The highest BCUT2D eigenvalue weighted by atomic mass is 19.4. The topological polar surface area (TPSA) is 126 Å². The van der Waals surface area contributed by atoms with Crippen LogP contribution in [0.15, 0.2) is 133 Å². The van der Waals surface area contributed by atoms with Crippen molar-refractivity contribution < 1.29 is 71.7 Å². The van der Waals surface area contributed by atoms with E-state index in [2.05, 4.69) is 20.6 Å². The number of amides is 4. The number of nitrogens with one attached hydrogen (secondary N) is 4. The maximum absolute atomic E-state index is 13.4. The Bertz CT molecular complexity index is 2420. The van der Waals surface area contributed by atoms with Crippen molar-refractivity contribution in [2.24, 2.45) is 0 Å². The molecule has 6 aromatic rings. The number of aromatic nitrogens is 2. The third kappa shape index (κ3) is 14.7. The molecule has 68 heavy (non-hydrogen) atoms. The summed E-state index contributed by atoms with van der Waals surface area (Å²) in [6.07, 6.45) is -20.4. The molecule has 2 aromatic heterocycles. The average molecular weight is 965 g/mol. The molecule has 4 N–H and O–H groups in total. The van der Waals surface area contributed by atoms with Crippen molar-refractivity contribution in [1.29, 1.82) is 0 Å². The number of carbonyl (C=O) groups is 2. The van der Waals surface area contributed by atoms with Gasteiger partial charge in [-0.05, 0) is 72.5 Å². The number of ether oxygens (including phenoxy) is 2. The Balaban J connectivity index is 1.14. The number of urea groups is 2. The molecule has 0 aliphatic carbocycles. The van der Waals surface area contributed by atoms with Gasteiger partial charge in [-0.2, -0.15) is 52.7 Å². The molecule has 0 spiro atoms. The summed E-state index contributed by atoms with van der Waals surface area (Å²) < 4.78 is 173. The molecule has 0 saturated carbocycles. The number of hydrogen-bond acceptors (Lipinski definition) is 6. The number of hydrogen-bond donors (Lipinski definition) is 4. The third-order valence-electron chi connectivity index (χ3n) is 9.59. The minimum atomic E-state index is -5.14. The van der Waals surface area contributed by atoms with Crippen molar-refractivity contribution >= 4 is 23.4 Å². The van der Waals surface area contributed by atoms with Crippen LogP contribution in [0.4, 0.5) is 73.6 Å². The lowest BCUT2D eigenvalue weighted by Gasteiger charge is -2.21. The Labute approximate surface area is 378 Å². The van der Waals surface area contributed by atoms with Gasteiger partial charge in [-0.15, -0.1) is 0 Å². The van der Waals surface area contributed by atoms with Gasteiger partial charge in [-0.25, -0.2) is 19.6 Å². The first-order valence-corrected chi connectivity index (χ1v) is 20.0. The predicted octanol–water partition coefficient (Wildman–Crippen LogP) is 11.8. The van der Waals surface area contributed by atoms with Crippen LogP contribution in [-0.4, -0.2) is 47.3 Å². The van der Waals surface area contributed by atoms with Crippen molar-refractivity contribution in [2.75, 3.05) is 23.8 Å². The SMILES string of the molecule is O=C(Nc1cc(C(F)(F)F)cc(C(F)(F)F)c1)N[C@H](COc1cccc(-c2cccc(OC[C@H](Cc3ccccc3)NC(=O)Nc3cc(C(F)(F)F)cc(C(F)(F)F)c3)n2)n1)Cc1ccccc1. The van der Waals surface area contributed by atoms with Gasteiger partial charge >= 0.3 is 36.8 Å². The summed E-state index contributed by atoms with van der Waals surface area (Å²) in [5.74, 6) is 0.0368. The molecule has 4 amide bonds. The van der Waals surface area contributed by atoms with E-state index in [1.807, 2.05) is 10.6 Å². The number of carbonyl (C=O) groups excluding carboxylic acids is 2. The van der Waals surface area contributed by atoms with Crippen molar-refractivity contribution in [2.45, 2.75) is 49.6 Å². The summed E-state index contributed by atoms with van der Waals surface area (Å²) in [6, 6.07) is 23.7. The lowest BCUT2D eigenvalue weighted by Crippen LogP contribution is -2.43. The lowest BCUT2D eigenvalue weighted by atomic mass is 10.1. The molecule has 2 heterocycles. The Morgan fingerprint density at radius 1 is 0.441 bits per heavy atom. The van der Waals surface area contributed by atoms with E-state index in [0.717, 1.165) is 0 Å². The molecule has 0 unspecified atom stereocenters. The molecule has 0 aliphatic heterocycles. The van der Waals surface area contributed by atoms with Crippen LogP contribution in [0.2, 0.25) is 0 Å². The number of halogens is 12. The minimum Gasteiger partial charge on any atom is -0.475 e. The van der Waals surface area contributed by atoms with Crippen LogP contribution < -0.4 is 30.7 Å². The molecule has 358 valence electrons. The molecule has 0 fully saturated rings. The fraction of sp³-hybridized carbons (Fsp3) is 0.217. The predicted molar refractivity (Wildman–Crippen MR) is 224 cm³/mol. The molecule has 0 radical (unpaired) electrons. The standard InChI is InChI=1S/C46H36F12N6O4/c47-43(48,49)29-19-30(44(50,51)52)22-33(21-29)59-41(65)61-35(17-27-9-3-1-4-10-27)25-67-39-15-7-13-37(63-39)38-14-8-16-40(64-38)68-26-36(18-28-11-5-2-6-12-28)62-42(66)60-34-23-31(45(53,54)55)20-32(24-34)46(56,57)58/h1-16,19-24,35-36H,17-18,25-26H2,(H2,59,61,65)(H2,60,62,66)/t35-,36-/m0/s1. The van der Waals surface area contributed by atoms with Gasteiger partial charge in [0.25, 0.3) is 0 Å². The highest BCUT2D eigenvalue weighted by Crippen LogP contribution is 2.39. The molecule has 0 saturated heterocycles. The largest absolute Gasteiger partial charge is 0.475 e. The number of rotatable bonds is 15. The zero-order valence-electron chi connectivity index (χ0n) is 34.7. The van der Waals surface area contributed by atoms with Crippen LogP contribution in [0.3, 0.4) is 0 Å². The Kier molecular flexibility index (Phi) is 15.4. The van der Waals surface area contributed by atoms with Crippen molar-refractivity contribution in [1.82, 2.24) is 20.6 Å². The number of anilines is 2. The first-order valence-electron chi connectivity index (χ1n) is 20.0. The molecule has 2 atom stereocenters. The third-order valence-corrected chi connectivity index (χ3v) is 9.59.